The molecular formula is C25H16BrClN2O3S. The fourth-order valence-corrected chi connectivity index (χ4v) is 4.55. The number of benzene rings is 3. The second-order valence-electron chi connectivity index (χ2n) is 7.13. The molecule has 0 saturated carbocycles. The largest absolute Gasteiger partial charge is 0.488 e. The van der Waals surface area contributed by atoms with E-state index in [1.54, 1.807) is 48.5 Å². The van der Waals surface area contributed by atoms with E-state index in [1.165, 1.54) is 0 Å². The van der Waals surface area contributed by atoms with Crippen LogP contribution in [0.4, 0.5) is 4.79 Å². The van der Waals surface area contributed by atoms with Crippen LogP contribution >= 0.6 is 39.3 Å². The predicted molar refractivity (Wildman–Crippen MR) is 133 cm³/mol. The molecule has 0 spiro atoms. The molecule has 0 N–H and O–H groups in total. The molecule has 3 aromatic carbocycles. The van der Waals surface area contributed by atoms with Gasteiger partial charge in [0, 0.05) is 15.1 Å². The van der Waals surface area contributed by atoms with Crippen molar-refractivity contribution in [3.63, 3.8) is 0 Å². The fraction of sp³-hybridized carbons (Fsp3) is 0.0800. The minimum Gasteiger partial charge on any atom is -0.488 e. The molecule has 0 radical (unpaired) electrons. The summed E-state index contributed by atoms with van der Waals surface area (Å²) in [6, 6.07) is 21.8. The predicted octanol–water partition coefficient (Wildman–Crippen LogP) is 6.79. The molecule has 0 aliphatic carbocycles. The zero-order valence-corrected chi connectivity index (χ0v) is 20.3. The maximum Gasteiger partial charge on any atom is 0.293 e. The van der Waals surface area contributed by atoms with Crippen LogP contribution in [-0.2, 0) is 17.9 Å². The van der Waals surface area contributed by atoms with Crippen molar-refractivity contribution < 1.29 is 14.3 Å². The van der Waals surface area contributed by atoms with Crippen LogP contribution in [0.2, 0.25) is 5.02 Å². The Morgan fingerprint density at radius 2 is 1.85 bits per heavy atom. The van der Waals surface area contributed by atoms with Gasteiger partial charge in [-0.15, -0.1) is 0 Å². The van der Waals surface area contributed by atoms with E-state index in [-0.39, 0.29) is 11.8 Å². The van der Waals surface area contributed by atoms with Crippen LogP contribution in [0.1, 0.15) is 22.3 Å². The average molecular weight is 540 g/mol. The first-order valence-electron chi connectivity index (χ1n) is 9.85. The normalized spacial score (nSPS) is 14.6. The first kappa shape index (κ1) is 23.1. The number of carbonyl (C=O) groups excluding carboxylic acids is 2. The Kier molecular flexibility index (Phi) is 7.19. The Labute approximate surface area is 208 Å². The van der Waals surface area contributed by atoms with Crippen molar-refractivity contribution in [2.75, 3.05) is 0 Å². The number of amides is 2. The lowest BCUT2D eigenvalue weighted by Crippen LogP contribution is -2.27. The number of nitrogens with zero attached hydrogens (tertiary/aromatic N) is 2. The number of hydrogen-bond acceptors (Lipinski definition) is 5. The summed E-state index contributed by atoms with van der Waals surface area (Å²) in [7, 11) is 0. The molecule has 4 rings (SSSR count). The topological polar surface area (TPSA) is 70.4 Å². The van der Waals surface area contributed by atoms with Gasteiger partial charge in [-0.2, -0.15) is 5.26 Å². The van der Waals surface area contributed by atoms with Gasteiger partial charge in [0.1, 0.15) is 12.4 Å². The van der Waals surface area contributed by atoms with Gasteiger partial charge in [-0.25, -0.2) is 0 Å². The van der Waals surface area contributed by atoms with E-state index in [2.05, 4.69) is 22.0 Å². The van der Waals surface area contributed by atoms with Crippen LogP contribution in [0.15, 0.2) is 76.1 Å². The van der Waals surface area contributed by atoms with Crippen LogP contribution < -0.4 is 4.74 Å². The number of carbonyl (C=O) groups is 2. The quantitative estimate of drug-likeness (QED) is 0.323. The second kappa shape index (κ2) is 10.3. The van der Waals surface area contributed by atoms with Crippen LogP contribution in [0.3, 0.4) is 0 Å². The van der Waals surface area contributed by atoms with Gasteiger partial charge in [-0.1, -0.05) is 57.9 Å². The summed E-state index contributed by atoms with van der Waals surface area (Å²) in [6.45, 7) is 0.371. The maximum atomic E-state index is 13.0. The zero-order chi connectivity index (χ0) is 23.4. The molecule has 0 bridgehead atoms. The molecule has 1 aliphatic heterocycles. The molecule has 1 heterocycles. The molecule has 33 heavy (non-hydrogen) atoms. The number of halogens is 2. The molecule has 2 amide bonds. The SMILES string of the molecule is N#Cc1ccccc1CN1C(=O)S/C(=C/c2cc(Br)ccc2OCc2ccc(Cl)cc2)C1=O. The maximum absolute atomic E-state index is 13.0. The van der Waals surface area contributed by atoms with Gasteiger partial charge >= 0.3 is 0 Å². The van der Waals surface area contributed by atoms with E-state index in [4.69, 9.17) is 16.3 Å². The Morgan fingerprint density at radius 3 is 2.61 bits per heavy atom. The summed E-state index contributed by atoms with van der Waals surface area (Å²) in [4.78, 5) is 27.0. The van der Waals surface area contributed by atoms with Crippen molar-refractivity contribution in [3.05, 3.63) is 103 Å². The summed E-state index contributed by atoms with van der Waals surface area (Å²) in [5.41, 5.74) is 2.68. The minimum atomic E-state index is -0.402. The number of imide groups is 1. The van der Waals surface area contributed by atoms with Gasteiger partial charge in [0.2, 0.25) is 0 Å². The van der Waals surface area contributed by atoms with E-state index in [0.29, 0.717) is 39.0 Å². The molecule has 1 aliphatic rings. The monoisotopic (exact) mass is 538 g/mol. The van der Waals surface area contributed by atoms with Gasteiger partial charge in [-0.05, 0) is 65.4 Å². The summed E-state index contributed by atoms with van der Waals surface area (Å²) in [5, 5.41) is 9.57. The highest BCUT2D eigenvalue weighted by atomic mass is 79.9. The lowest BCUT2D eigenvalue weighted by Gasteiger charge is -2.13. The zero-order valence-electron chi connectivity index (χ0n) is 17.1. The minimum absolute atomic E-state index is 0.0458. The van der Waals surface area contributed by atoms with Crippen LogP contribution in [0.25, 0.3) is 6.08 Å². The summed E-state index contributed by atoms with van der Waals surface area (Å²) < 4.78 is 6.79. The molecule has 0 unspecified atom stereocenters. The van der Waals surface area contributed by atoms with Gasteiger partial charge in [0.05, 0.1) is 23.1 Å². The summed E-state index contributed by atoms with van der Waals surface area (Å²) in [5.74, 6) is 0.177. The third kappa shape index (κ3) is 5.48. The first-order valence-corrected chi connectivity index (χ1v) is 11.8. The Hall–Kier alpha value is -3.05. The molecule has 164 valence electrons. The molecule has 0 atom stereocenters. The number of ether oxygens (including phenoxy) is 1. The fourth-order valence-electron chi connectivity index (χ4n) is 3.22. The number of nitriles is 1. The van der Waals surface area contributed by atoms with Crippen molar-refractivity contribution in [1.29, 1.82) is 5.26 Å². The van der Waals surface area contributed by atoms with Crippen molar-refractivity contribution in [3.8, 4) is 11.8 Å². The first-order chi connectivity index (χ1) is 15.9. The lowest BCUT2D eigenvalue weighted by atomic mass is 10.1. The Bertz CT molecular complexity index is 1300. The number of hydrogen-bond donors (Lipinski definition) is 0. The Morgan fingerprint density at radius 1 is 1.09 bits per heavy atom. The molecule has 5 nitrogen and oxygen atoms in total. The molecule has 1 saturated heterocycles. The number of thioether (sulfide) groups is 1. The van der Waals surface area contributed by atoms with Crippen molar-refractivity contribution >= 4 is 56.5 Å². The van der Waals surface area contributed by atoms with Crippen LogP contribution in [-0.4, -0.2) is 16.0 Å². The smallest absolute Gasteiger partial charge is 0.293 e. The van der Waals surface area contributed by atoms with Gasteiger partial charge in [0.15, 0.2) is 0 Å². The highest BCUT2D eigenvalue weighted by Crippen LogP contribution is 2.36. The van der Waals surface area contributed by atoms with Gasteiger partial charge < -0.3 is 4.74 Å². The molecule has 0 aromatic heterocycles. The van der Waals surface area contributed by atoms with Crippen molar-refractivity contribution in [1.82, 2.24) is 4.90 Å². The Balaban J connectivity index is 1.56. The second-order valence-corrected chi connectivity index (χ2v) is 9.48. The third-order valence-corrected chi connectivity index (χ3v) is 6.56. The molecule has 3 aromatic rings. The van der Waals surface area contributed by atoms with Crippen LogP contribution in [0.5, 0.6) is 5.75 Å². The van der Waals surface area contributed by atoms with E-state index in [1.807, 2.05) is 24.3 Å². The molecule has 1 fully saturated rings. The van der Waals surface area contributed by atoms with Gasteiger partial charge in [-0.3, -0.25) is 14.5 Å². The molecule has 8 heteroatoms. The highest BCUT2D eigenvalue weighted by molar-refractivity contribution is 9.10. The van der Waals surface area contributed by atoms with Gasteiger partial charge in [0.25, 0.3) is 11.1 Å². The van der Waals surface area contributed by atoms with E-state index < -0.39 is 5.91 Å². The van der Waals surface area contributed by atoms with Crippen molar-refractivity contribution in [2.45, 2.75) is 13.2 Å². The third-order valence-electron chi connectivity index (χ3n) is 4.91. The van der Waals surface area contributed by atoms with E-state index >= 15 is 0 Å². The average Bonchev–Trinajstić information content (AvgIpc) is 3.07. The molecular weight excluding hydrogens is 524 g/mol. The number of rotatable bonds is 6. The summed E-state index contributed by atoms with van der Waals surface area (Å²) in [6.07, 6.45) is 1.66. The van der Waals surface area contributed by atoms with E-state index in [9.17, 15) is 14.9 Å². The van der Waals surface area contributed by atoms with Crippen LogP contribution in [0, 0.1) is 11.3 Å². The van der Waals surface area contributed by atoms with E-state index in [0.717, 1.165) is 26.7 Å². The highest BCUT2D eigenvalue weighted by Gasteiger charge is 2.35. The summed E-state index contributed by atoms with van der Waals surface area (Å²) >= 11 is 10.3. The van der Waals surface area contributed by atoms with Crippen molar-refractivity contribution in [2.24, 2.45) is 0 Å². The standard InChI is InChI=1S/C25H16BrClN2O3S/c26-20-7-10-22(32-15-16-5-8-21(27)9-6-16)19(11-20)12-23-24(30)29(25(31)33-23)14-18-4-2-1-3-17(18)13-28/h1-12H,14-15H2/b23-12+. The lowest BCUT2D eigenvalue weighted by molar-refractivity contribution is -0.123.